The first-order chi connectivity index (χ1) is 14.3. The molecular weight excluding hydrogens is 380 g/mol. The van der Waals surface area contributed by atoms with Crippen molar-refractivity contribution in [3.63, 3.8) is 0 Å². The normalized spacial score (nSPS) is 22.8. The largest absolute Gasteiger partial charge is 0.480 e. The molecule has 1 amide bonds. The summed E-state index contributed by atoms with van der Waals surface area (Å²) < 4.78 is 6.34. The molecule has 1 fully saturated rings. The molecule has 2 aromatic carbocycles. The maximum atomic E-state index is 12.6. The lowest BCUT2D eigenvalue weighted by Gasteiger charge is -2.27. The van der Waals surface area contributed by atoms with Crippen LogP contribution in [0.3, 0.4) is 0 Å². The van der Waals surface area contributed by atoms with Crippen molar-refractivity contribution >= 4 is 28.9 Å². The molecule has 5 rings (SSSR count). The number of thioether (sulfide) groups is 1. The second-order valence-corrected chi connectivity index (χ2v) is 8.46. The minimum absolute atomic E-state index is 0.151. The molecule has 2 aromatic rings. The van der Waals surface area contributed by atoms with Gasteiger partial charge < -0.3 is 9.64 Å². The lowest BCUT2D eigenvalue weighted by atomic mass is 9.95. The van der Waals surface area contributed by atoms with Crippen molar-refractivity contribution in [2.45, 2.75) is 25.4 Å². The molecule has 5 heteroatoms. The van der Waals surface area contributed by atoms with Crippen LogP contribution in [0.5, 0.6) is 5.75 Å². The number of amides is 1. The second kappa shape index (κ2) is 7.91. The van der Waals surface area contributed by atoms with E-state index in [2.05, 4.69) is 28.1 Å². The highest BCUT2D eigenvalue weighted by molar-refractivity contribution is 8.18. The molecular formula is C24H22N2O2S. The summed E-state index contributed by atoms with van der Waals surface area (Å²) in [6.45, 7) is 1.97. The highest BCUT2D eigenvalue weighted by atomic mass is 32.2. The molecule has 1 saturated heterocycles. The molecule has 0 radical (unpaired) electrons. The van der Waals surface area contributed by atoms with Crippen LogP contribution in [0.2, 0.25) is 0 Å². The van der Waals surface area contributed by atoms with Crippen LogP contribution in [0, 0.1) is 0 Å². The van der Waals surface area contributed by atoms with Crippen molar-refractivity contribution < 1.29 is 9.53 Å². The Labute approximate surface area is 175 Å². The van der Waals surface area contributed by atoms with Gasteiger partial charge in [0.05, 0.1) is 4.91 Å². The Balaban J connectivity index is 1.47. The standard InChI is InChI=1S/C24H22N2O2S/c27-23-21(29-24(25-23)26-13-7-2-8-14-26)16-19-15-18-11-5-6-12-20(18)28-22(19)17-9-3-1-4-10-17/h1,3-6,9-12,15-16,22H,2,7-8,13-14H2/b21-16+. The molecule has 29 heavy (non-hydrogen) atoms. The molecule has 0 saturated carbocycles. The molecule has 1 atom stereocenters. The van der Waals surface area contributed by atoms with E-state index in [9.17, 15) is 4.79 Å². The van der Waals surface area contributed by atoms with Crippen LogP contribution in [0.1, 0.15) is 36.5 Å². The molecule has 3 heterocycles. The van der Waals surface area contributed by atoms with Crippen molar-refractivity contribution in [1.29, 1.82) is 0 Å². The van der Waals surface area contributed by atoms with Crippen LogP contribution in [-0.4, -0.2) is 29.1 Å². The number of carbonyl (C=O) groups is 1. The molecule has 0 N–H and O–H groups in total. The number of ether oxygens (including phenoxy) is 1. The fraction of sp³-hybridized carbons (Fsp3) is 0.250. The molecule has 0 aromatic heterocycles. The summed E-state index contributed by atoms with van der Waals surface area (Å²) in [5.74, 6) is 0.710. The molecule has 0 aliphatic carbocycles. The quantitative estimate of drug-likeness (QED) is 0.647. The van der Waals surface area contributed by atoms with Gasteiger partial charge in [0.2, 0.25) is 0 Å². The number of hydrogen-bond donors (Lipinski definition) is 0. The van der Waals surface area contributed by atoms with Crippen LogP contribution in [-0.2, 0) is 4.79 Å². The topological polar surface area (TPSA) is 41.9 Å². The number of nitrogens with zero attached hydrogens (tertiary/aromatic N) is 2. The molecule has 0 spiro atoms. The Morgan fingerprint density at radius 2 is 1.76 bits per heavy atom. The van der Waals surface area contributed by atoms with Crippen LogP contribution < -0.4 is 4.74 Å². The number of likely N-dealkylation sites (tertiary alicyclic amines) is 1. The molecule has 4 nitrogen and oxygen atoms in total. The third-order valence-corrected chi connectivity index (χ3v) is 6.47. The molecule has 146 valence electrons. The number of amidine groups is 1. The number of benzene rings is 2. The van der Waals surface area contributed by atoms with E-state index >= 15 is 0 Å². The van der Waals surface area contributed by atoms with Gasteiger partial charge in [-0.25, -0.2) is 0 Å². The van der Waals surface area contributed by atoms with Gasteiger partial charge in [-0.3, -0.25) is 4.79 Å². The van der Waals surface area contributed by atoms with E-state index in [-0.39, 0.29) is 12.0 Å². The Morgan fingerprint density at radius 3 is 2.59 bits per heavy atom. The molecule has 3 aliphatic heterocycles. The number of aliphatic imine (C=N–C) groups is 1. The lowest BCUT2D eigenvalue weighted by molar-refractivity contribution is -0.113. The van der Waals surface area contributed by atoms with Gasteiger partial charge in [0, 0.05) is 18.7 Å². The van der Waals surface area contributed by atoms with Crippen molar-refractivity contribution in [2.75, 3.05) is 13.1 Å². The highest BCUT2D eigenvalue weighted by Gasteiger charge is 2.29. The van der Waals surface area contributed by atoms with E-state index in [1.807, 2.05) is 48.5 Å². The number of carbonyl (C=O) groups excluding carboxylic acids is 1. The monoisotopic (exact) mass is 402 g/mol. The Bertz CT molecular complexity index is 1020. The Morgan fingerprint density at radius 1 is 1.00 bits per heavy atom. The number of hydrogen-bond acceptors (Lipinski definition) is 4. The second-order valence-electron chi connectivity index (χ2n) is 7.45. The Kier molecular flexibility index (Phi) is 4.98. The Hall–Kier alpha value is -2.79. The van der Waals surface area contributed by atoms with Gasteiger partial charge in [0.15, 0.2) is 5.17 Å². The third-order valence-electron chi connectivity index (χ3n) is 5.42. The van der Waals surface area contributed by atoms with Gasteiger partial charge in [-0.1, -0.05) is 48.5 Å². The van der Waals surface area contributed by atoms with Crippen molar-refractivity contribution in [1.82, 2.24) is 4.90 Å². The number of rotatable bonds is 2. The average molecular weight is 403 g/mol. The van der Waals surface area contributed by atoms with E-state index in [1.54, 1.807) is 0 Å². The first-order valence-corrected chi connectivity index (χ1v) is 10.9. The van der Waals surface area contributed by atoms with Crippen molar-refractivity contribution in [3.8, 4) is 5.75 Å². The van der Waals surface area contributed by atoms with E-state index in [4.69, 9.17) is 4.74 Å². The highest BCUT2D eigenvalue weighted by Crippen LogP contribution is 2.40. The molecule has 3 aliphatic rings. The van der Waals surface area contributed by atoms with E-state index in [0.29, 0.717) is 4.91 Å². The first-order valence-electron chi connectivity index (χ1n) is 10.1. The van der Waals surface area contributed by atoms with Gasteiger partial charge in [-0.05, 0) is 60.4 Å². The van der Waals surface area contributed by atoms with Gasteiger partial charge >= 0.3 is 0 Å². The van der Waals surface area contributed by atoms with Gasteiger partial charge in [-0.2, -0.15) is 4.99 Å². The SMILES string of the molecule is O=C1N=C(N2CCCCC2)S/C1=C/C1=Cc2ccccc2OC1c1ccccc1. The predicted molar refractivity (Wildman–Crippen MR) is 118 cm³/mol. The van der Waals surface area contributed by atoms with E-state index in [0.717, 1.165) is 40.7 Å². The zero-order chi connectivity index (χ0) is 19.6. The van der Waals surface area contributed by atoms with Crippen molar-refractivity contribution in [2.24, 2.45) is 4.99 Å². The van der Waals surface area contributed by atoms with Gasteiger partial charge in [0.1, 0.15) is 11.9 Å². The minimum atomic E-state index is -0.244. The van der Waals surface area contributed by atoms with Gasteiger partial charge in [-0.15, -0.1) is 0 Å². The van der Waals surface area contributed by atoms with Crippen LogP contribution in [0.4, 0.5) is 0 Å². The number of para-hydroxylation sites is 1. The zero-order valence-electron chi connectivity index (χ0n) is 16.1. The summed E-state index contributed by atoms with van der Waals surface area (Å²) in [6, 6.07) is 18.1. The molecule has 1 unspecified atom stereocenters. The predicted octanol–water partition coefficient (Wildman–Crippen LogP) is 5.20. The maximum Gasteiger partial charge on any atom is 0.286 e. The summed E-state index contributed by atoms with van der Waals surface area (Å²) in [5, 5.41) is 0.843. The smallest absolute Gasteiger partial charge is 0.286 e. The average Bonchev–Trinajstić information content (AvgIpc) is 3.15. The fourth-order valence-corrected chi connectivity index (χ4v) is 4.90. The third kappa shape index (κ3) is 3.75. The molecule has 0 bridgehead atoms. The van der Waals surface area contributed by atoms with Crippen LogP contribution in [0.15, 0.2) is 76.1 Å². The zero-order valence-corrected chi connectivity index (χ0v) is 16.9. The minimum Gasteiger partial charge on any atom is -0.480 e. The van der Waals surface area contributed by atoms with Crippen LogP contribution >= 0.6 is 11.8 Å². The maximum absolute atomic E-state index is 12.6. The number of fused-ring (bicyclic) bond motifs is 1. The number of piperidine rings is 1. The van der Waals surface area contributed by atoms with E-state index < -0.39 is 0 Å². The van der Waals surface area contributed by atoms with Crippen molar-refractivity contribution in [3.05, 3.63) is 82.3 Å². The lowest BCUT2D eigenvalue weighted by Crippen LogP contribution is -2.33. The van der Waals surface area contributed by atoms with E-state index in [1.165, 1.54) is 31.0 Å². The summed E-state index contributed by atoms with van der Waals surface area (Å²) in [6.07, 6.45) is 7.42. The summed E-state index contributed by atoms with van der Waals surface area (Å²) in [4.78, 5) is 19.9. The summed E-state index contributed by atoms with van der Waals surface area (Å²) in [7, 11) is 0. The van der Waals surface area contributed by atoms with Gasteiger partial charge in [0.25, 0.3) is 5.91 Å². The summed E-state index contributed by atoms with van der Waals surface area (Å²) in [5.41, 5.74) is 3.07. The van der Waals surface area contributed by atoms with Crippen LogP contribution in [0.25, 0.3) is 6.08 Å². The fourth-order valence-electron chi connectivity index (χ4n) is 3.93. The summed E-state index contributed by atoms with van der Waals surface area (Å²) >= 11 is 1.49. The first kappa shape index (κ1) is 18.3.